The molecule has 0 amide bonds. The van der Waals surface area contributed by atoms with Crippen molar-refractivity contribution < 1.29 is 4.74 Å². The Balaban J connectivity index is 1.80. The SMILES string of the molecule is N#CCc1cnc(CCOc2ccccc2)s1. The smallest absolute Gasteiger partial charge is 0.119 e. The lowest BCUT2D eigenvalue weighted by molar-refractivity contribution is 0.322. The molecule has 1 aromatic heterocycles. The number of nitriles is 1. The molecule has 0 aliphatic carbocycles. The molecule has 3 nitrogen and oxygen atoms in total. The topological polar surface area (TPSA) is 45.9 Å². The molecule has 4 heteroatoms. The normalized spacial score (nSPS) is 9.82. The first-order valence-electron chi connectivity index (χ1n) is 5.37. The number of hydrogen-bond donors (Lipinski definition) is 0. The fraction of sp³-hybridized carbons (Fsp3) is 0.231. The van der Waals surface area contributed by atoms with Crippen molar-refractivity contribution in [2.24, 2.45) is 0 Å². The molecular formula is C13H12N2OS. The molecule has 17 heavy (non-hydrogen) atoms. The Kier molecular flexibility index (Phi) is 4.11. The van der Waals surface area contributed by atoms with Crippen molar-refractivity contribution in [2.45, 2.75) is 12.8 Å². The summed E-state index contributed by atoms with van der Waals surface area (Å²) < 4.78 is 5.58. The van der Waals surface area contributed by atoms with Gasteiger partial charge in [-0.05, 0) is 12.1 Å². The van der Waals surface area contributed by atoms with Crippen LogP contribution in [-0.4, -0.2) is 11.6 Å². The van der Waals surface area contributed by atoms with Crippen LogP contribution in [0.5, 0.6) is 5.75 Å². The molecule has 0 spiro atoms. The van der Waals surface area contributed by atoms with Gasteiger partial charge in [-0.15, -0.1) is 11.3 Å². The fourth-order valence-corrected chi connectivity index (χ4v) is 2.23. The number of aromatic nitrogens is 1. The summed E-state index contributed by atoms with van der Waals surface area (Å²) >= 11 is 1.58. The molecule has 0 saturated heterocycles. The molecule has 1 heterocycles. The zero-order valence-corrected chi connectivity index (χ0v) is 10.1. The van der Waals surface area contributed by atoms with Gasteiger partial charge in [0.1, 0.15) is 5.75 Å². The maximum atomic E-state index is 8.56. The molecule has 0 N–H and O–H groups in total. The van der Waals surface area contributed by atoms with Gasteiger partial charge in [-0.3, -0.25) is 0 Å². The van der Waals surface area contributed by atoms with Crippen molar-refractivity contribution in [3.05, 3.63) is 46.4 Å². The molecule has 1 aromatic carbocycles. The highest BCUT2D eigenvalue weighted by atomic mass is 32.1. The van der Waals surface area contributed by atoms with Crippen LogP contribution in [0.1, 0.15) is 9.88 Å². The second-order valence-corrected chi connectivity index (χ2v) is 4.67. The van der Waals surface area contributed by atoms with Crippen molar-refractivity contribution >= 4 is 11.3 Å². The van der Waals surface area contributed by atoms with Crippen LogP contribution in [0, 0.1) is 11.3 Å². The van der Waals surface area contributed by atoms with Crippen LogP contribution in [0.15, 0.2) is 36.5 Å². The van der Waals surface area contributed by atoms with E-state index >= 15 is 0 Å². The van der Waals surface area contributed by atoms with Crippen LogP contribution in [0.25, 0.3) is 0 Å². The quantitative estimate of drug-likeness (QED) is 0.812. The number of thiazole rings is 1. The van der Waals surface area contributed by atoms with Crippen molar-refractivity contribution in [3.63, 3.8) is 0 Å². The highest BCUT2D eigenvalue weighted by Gasteiger charge is 2.02. The van der Waals surface area contributed by atoms with Gasteiger partial charge in [-0.25, -0.2) is 4.98 Å². The average Bonchev–Trinajstić information content (AvgIpc) is 2.79. The minimum Gasteiger partial charge on any atom is -0.493 e. The highest BCUT2D eigenvalue weighted by molar-refractivity contribution is 7.11. The predicted octanol–water partition coefficient (Wildman–Crippen LogP) is 2.83. The maximum Gasteiger partial charge on any atom is 0.119 e. The second-order valence-electron chi connectivity index (χ2n) is 3.47. The zero-order chi connectivity index (χ0) is 11.9. The minimum atomic E-state index is 0.442. The molecule has 0 aliphatic rings. The Morgan fingerprint density at radius 3 is 2.88 bits per heavy atom. The van der Waals surface area contributed by atoms with E-state index in [1.54, 1.807) is 17.5 Å². The van der Waals surface area contributed by atoms with Gasteiger partial charge in [0.15, 0.2) is 0 Å². The summed E-state index contributed by atoms with van der Waals surface area (Å²) in [5.74, 6) is 0.876. The van der Waals surface area contributed by atoms with E-state index in [0.29, 0.717) is 13.0 Å². The molecule has 0 aliphatic heterocycles. The maximum absolute atomic E-state index is 8.56. The highest BCUT2D eigenvalue weighted by Crippen LogP contribution is 2.15. The van der Waals surface area contributed by atoms with Crippen molar-refractivity contribution in [1.82, 2.24) is 4.98 Å². The monoisotopic (exact) mass is 244 g/mol. The summed E-state index contributed by atoms with van der Waals surface area (Å²) in [5.41, 5.74) is 0. The Labute approximate surface area is 104 Å². The predicted molar refractivity (Wildman–Crippen MR) is 67.1 cm³/mol. The average molecular weight is 244 g/mol. The third kappa shape index (κ3) is 3.58. The third-order valence-electron chi connectivity index (χ3n) is 2.18. The lowest BCUT2D eigenvalue weighted by Crippen LogP contribution is -2.00. The summed E-state index contributed by atoms with van der Waals surface area (Å²) in [6, 6.07) is 11.8. The Hall–Kier alpha value is -1.86. The van der Waals surface area contributed by atoms with Gasteiger partial charge in [-0.1, -0.05) is 18.2 Å². The van der Waals surface area contributed by atoms with E-state index in [9.17, 15) is 0 Å². The van der Waals surface area contributed by atoms with Gasteiger partial charge in [0.2, 0.25) is 0 Å². The Bertz CT molecular complexity index is 502. The Morgan fingerprint density at radius 1 is 1.29 bits per heavy atom. The van der Waals surface area contributed by atoms with E-state index in [2.05, 4.69) is 11.1 Å². The van der Waals surface area contributed by atoms with Crippen molar-refractivity contribution in [3.8, 4) is 11.8 Å². The molecule has 0 unspecified atom stereocenters. The summed E-state index contributed by atoms with van der Waals surface area (Å²) in [7, 11) is 0. The second kappa shape index (κ2) is 6.02. The minimum absolute atomic E-state index is 0.442. The summed E-state index contributed by atoms with van der Waals surface area (Å²) in [5, 5.41) is 9.58. The third-order valence-corrected chi connectivity index (χ3v) is 3.24. The van der Waals surface area contributed by atoms with E-state index < -0.39 is 0 Å². The van der Waals surface area contributed by atoms with E-state index in [0.717, 1.165) is 22.1 Å². The van der Waals surface area contributed by atoms with Crippen LogP contribution >= 0.6 is 11.3 Å². The van der Waals surface area contributed by atoms with Gasteiger partial charge in [0.25, 0.3) is 0 Å². The number of hydrogen-bond acceptors (Lipinski definition) is 4. The van der Waals surface area contributed by atoms with Gasteiger partial charge >= 0.3 is 0 Å². The molecule has 86 valence electrons. The molecule has 0 fully saturated rings. The molecule has 0 radical (unpaired) electrons. The van der Waals surface area contributed by atoms with Crippen LogP contribution in [0.2, 0.25) is 0 Å². The van der Waals surface area contributed by atoms with Gasteiger partial charge in [0.05, 0.1) is 24.1 Å². The Morgan fingerprint density at radius 2 is 2.12 bits per heavy atom. The molecule has 0 atom stereocenters. The lowest BCUT2D eigenvalue weighted by atomic mass is 10.3. The summed E-state index contributed by atoms with van der Waals surface area (Å²) in [6.07, 6.45) is 2.99. The molecule has 2 aromatic rings. The van der Waals surface area contributed by atoms with Crippen molar-refractivity contribution in [1.29, 1.82) is 5.26 Å². The van der Waals surface area contributed by atoms with E-state index in [4.69, 9.17) is 10.00 Å². The van der Waals surface area contributed by atoms with Crippen LogP contribution in [0.4, 0.5) is 0 Å². The summed E-state index contributed by atoms with van der Waals surface area (Å²) in [4.78, 5) is 5.27. The number of rotatable bonds is 5. The molecule has 2 rings (SSSR count). The largest absolute Gasteiger partial charge is 0.493 e. The van der Waals surface area contributed by atoms with Gasteiger partial charge < -0.3 is 4.74 Å². The van der Waals surface area contributed by atoms with Crippen molar-refractivity contribution in [2.75, 3.05) is 6.61 Å². The van der Waals surface area contributed by atoms with E-state index in [1.165, 1.54) is 0 Å². The number of ether oxygens (including phenoxy) is 1. The molecular weight excluding hydrogens is 232 g/mol. The van der Waals surface area contributed by atoms with Crippen LogP contribution in [0.3, 0.4) is 0 Å². The van der Waals surface area contributed by atoms with Crippen LogP contribution < -0.4 is 4.74 Å². The van der Waals surface area contributed by atoms with Gasteiger partial charge in [0, 0.05) is 17.5 Å². The zero-order valence-electron chi connectivity index (χ0n) is 9.30. The molecule has 0 saturated carbocycles. The number of nitrogens with zero attached hydrogens (tertiary/aromatic N) is 2. The first-order chi connectivity index (χ1) is 8.38. The summed E-state index contributed by atoms with van der Waals surface area (Å²) in [6.45, 7) is 0.615. The number of benzene rings is 1. The first kappa shape index (κ1) is 11.6. The molecule has 0 bridgehead atoms. The number of para-hydroxylation sites is 1. The van der Waals surface area contributed by atoms with Gasteiger partial charge in [-0.2, -0.15) is 5.26 Å². The van der Waals surface area contributed by atoms with E-state index in [-0.39, 0.29) is 0 Å². The van der Waals surface area contributed by atoms with E-state index in [1.807, 2.05) is 30.3 Å². The standard InChI is InChI=1S/C13H12N2OS/c14-8-6-12-10-15-13(17-12)7-9-16-11-4-2-1-3-5-11/h1-5,10H,6-7,9H2. The fourth-order valence-electron chi connectivity index (χ4n) is 1.40. The first-order valence-corrected chi connectivity index (χ1v) is 6.18. The van der Waals surface area contributed by atoms with Crippen LogP contribution in [-0.2, 0) is 12.8 Å². The lowest BCUT2D eigenvalue weighted by Gasteiger charge is -2.03.